The Balaban J connectivity index is 2.03. The largest absolute Gasteiger partial charge is 0.384 e. The van der Waals surface area contributed by atoms with E-state index in [1.54, 1.807) is 6.07 Å². The Morgan fingerprint density at radius 2 is 2.05 bits per heavy atom. The first-order chi connectivity index (χ1) is 9.08. The van der Waals surface area contributed by atoms with Crippen molar-refractivity contribution >= 4 is 17.4 Å². The molecule has 104 valence electrons. The quantitative estimate of drug-likeness (QED) is 0.656. The van der Waals surface area contributed by atoms with Gasteiger partial charge in [0.1, 0.15) is 5.84 Å². The molecule has 1 aromatic carbocycles. The fourth-order valence-corrected chi connectivity index (χ4v) is 3.00. The van der Waals surface area contributed by atoms with Crippen LogP contribution in [0.5, 0.6) is 0 Å². The fraction of sp³-hybridized carbons (Fsp3) is 0.533. The summed E-state index contributed by atoms with van der Waals surface area (Å²) in [4.78, 5) is 2.40. The predicted molar refractivity (Wildman–Crippen MR) is 80.8 cm³/mol. The van der Waals surface area contributed by atoms with E-state index in [1.807, 2.05) is 12.1 Å². The standard InChI is InChI=1S/C15H22ClN3/c1-19(13-5-3-2-4-6-13)10-12-8-7-11(15(17)18)9-14(12)16/h7-9,13H,2-6,10H2,1H3,(H3,17,18). The lowest BCUT2D eigenvalue weighted by Gasteiger charge is -2.31. The van der Waals surface area contributed by atoms with E-state index in [0.717, 1.165) is 12.1 Å². The van der Waals surface area contributed by atoms with Gasteiger partial charge in [0.25, 0.3) is 0 Å². The number of nitrogens with zero attached hydrogens (tertiary/aromatic N) is 1. The molecule has 0 unspecified atom stereocenters. The summed E-state index contributed by atoms with van der Waals surface area (Å²) in [7, 11) is 2.17. The van der Waals surface area contributed by atoms with E-state index in [0.29, 0.717) is 16.6 Å². The highest BCUT2D eigenvalue weighted by Gasteiger charge is 2.18. The molecule has 0 saturated heterocycles. The molecule has 0 radical (unpaired) electrons. The molecule has 2 rings (SSSR count). The van der Waals surface area contributed by atoms with Gasteiger partial charge in [-0.1, -0.05) is 43.0 Å². The third-order valence-electron chi connectivity index (χ3n) is 3.98. The Hall–Kier alpha value is -1.06. The van der Waals surface area contributed by atoms with Crippen molar-refractivity contribution in [1.82, 2.24) is 4.90 Å². The number of halogens is 1. The molecule has 4 heteroatoms. The maximum atomic E-state index is 7.41. The summed E-state index contributed by atoms with van der Waals surface area (Å²) in [5, 5.41) is 8.12. The molecule has 0 heterocycles. The molecular formula is C15H22ClN3. The summed E-state index contributed by atoms with van der Waals surface area (Å²) in [5.41, 5.74) is 7.26. The molecular weight excluding hydrogens is 258 g/mol. The van der Waals surface area contributed by atoms with Gasteiger partial charge in [0.2, 0.25) is 0 Å². The molecule has 19 heavy (non-hydrogen) atoms. The minimum absolute atomic E-state index is 0.0640. The summed E-state index contributed by atoms with van der Waals surface area (Å²) in [6.45, 7) is 0.863. The maximum Gasteiger partial charge on any atom is 0.122 e. The summed E-state index contributed by atoms with van der Waals surface area (Å²) in [6, 6.07) is 6.32. The second-order valence-electron chi connectivity index (χ2n) is 5.43. The van der Waals surface area contributed by atoms with E-state index >= 15 is 0 Å². The number of rotatable bonds is 4. The van der Waals surface area contributed by atoms with Crippen molar-refractivity contribution in [1.29, 1.82) is 5.41 Å². The van der Waals surface area contributed by atoms with Crippen LogP contribution in [0.1, 0.15) is 43.2 Å². The Morgan fingerprint density at radius 1 is 1.37 bits per heavy atom. The molecule has 0 aromatic heterocycles. The molecule has 0 spiro atoms. The summed E-state index contributed by atoms with van der Waals surface area (Å²) < 4.78 is 0. The van der Waals surface area contributed by atoms with Crippen LogP contribution in [-0.4, -0.2) is 23.8 Å². The van der Waals surface area contributed by atoms with Gasteiger partial charge in [-0.05, 0) is 31.5 Å². The van der Waals surface area contributed by atoms with Gasteiger partial charge in [-0.3, -0.25) is 10.3 Å². The highest BCUT2D eigenvalue weighted by Crippen LogP contribution is 2.25. The number of nitrogens with one attached hydrogen (secondary N) is 1. The fourth-order valence-electron chi connectivity index (χ4n) is 2.76. The maximum absolute atomic E-state index is 7.41. The number of benzene rings is 1. The predicted octanol–water partition coefficient (Wildman–Crippen LogP) is 3.39. The number of amidine groups is 1. The Kier molecular flexibility index (Phi) is 4.83. The van der Waals surface area contributed by atoms with E-state index in [9.17, 15) is 0 Å². The average molecular weight is 280 g/mol. The van der Waals surface area contributed by atoms with Crippen molar-refractivity contribution in [2.45, 2.75) is 44.7 Å². The van der Waals surface area contributed by atoms with Crippen LogP contribution in [0.4, 0.5) is 0 Å². The van der Waals surface area contributed by atoms with Crippen molar-refractivity contribution < 1.29 is 0 Å². The van der Waals surface area contributed by atoms with Gasteiger partial charge in [0, 0.05) is 23.2 Å². The van der Waals surface area contributed by atoms with E-state index < -0.39 is 0 Å². The van der Waals surface area contributed by atoms with Crippen LogP contribution in [0.15, 0.2) is 18.2 Å². The van der Waals surface area contributed by atoms with Crippen molar-refractivity contribution in [3.05, 3.63) is 34.3 Å². The molecule has 1 aliphatic carbocycles. The zero-order valence-corrected chi connectivity index (χ0v) is 12.2. The lowest BCUT2D eigenvalue weighted by molar-refractivity contribution is 0.184. The minimum Gasteiger partial charge on any atom is -0.384 e. The van der Waals surface area contributed by atoms with Crippen LogP contribution in [0.25, 0.3) is 0 Å². The lowest BCUT2D eigenvalue weighted by Crippen LogP contribution is -2.32. The topological polar surface area (TPSA) is 53.1 Å². The molecule has 1 aliphatic rings. The van der Waals surface area contributed by atoms with Gasteiger partial charge >= 0.3 is 0 Å². The van der Waals surface area contributed by atoms with Crippen LogP contribution in [-0.2, 0) is 6.54 Å². The Labute approximate surface area is 120 Å². The van der Waals surface area contributed by atoms with Crippen molar-refractivity contribution in [3.63, 3.8) is 0 Å². The van der Waals surface area contributed by atoms with E-state index in [-0.39, 0.29) is 5.84 Å². The average Bonchev–Trinajstić information content (AvgIpc) is 2.41. The SMILES string of the molecule is CN(Cc1ccc(C(=N)N)cc1Cl)C1CCCCC1. The number of hydrogen-bond donors (Lipinski definition) is 2. The second-order valence-corrected chi connectivity index (χ2v) is 5.83. The zero-order chi connectivity index (χ0) is 13.8. The van der Waals surface area contributed by atoms with E-state index in [2.05, 4.69) is 11.9 Å². The first kappa shape index (κ1) is 14.4. The normalized spacial score (nSPS) is 16.8. The highest BCUT2D eigenvalue weighted by atomic mass is 35.5. The molecule has 3 nitrogen and oxygen atoms in total. The monoisotopic (exact) mass is 279 g/mol. The Bertz CT molecular complexity index is 453. The molecule has 1 fully saturated rings. The van der Waals surface area contributed by atoms with Crippen molar-refractivity contribution in [2.75, 3.05) is 7.05 Å². The van der Waals surface area contributed by atoms with Crippen LogP contribution in [0.2, 0.25) is 5.02 Å². The van der Waals surface area contributed by atoms with E-state index in [4.69, 9.17) is 22.7 Å². The molecule has 0 bridgehead atoms. The lowest BCUT2D eigenvalue weighted by atomic mass is 9.94. The first-order valence-corrected chi connectivity index (χ1v) is 7.29. The van der Waals surface area contributed by atoms with Gasteiger partial charge in [-0.15, -0.1) is 0 Å². The summed E-state index contributed by atoms with van der Waals surface area (Å²) in [6.07, 6.45) is 6.63. The second kappa shape index (κ2) is 6.40. The first-order valence-electron chi connectivity index (χ1n) is 6.91. The zero-order valence-electron chi connectivity index (χ0n) is 11.5. The third-order valence-corrected chi connectivity index (χ3v) is 4.33. The van der Waals surface area contributed by atoms with Gasteiger partial charge in [-0.2, -0.15) is 0 Å². The number of hydrogen-bond acceptors (Lipinski definition) is 2. The molecule has 3 N–H and O–H groups in total. The molecule has 1 saturated carbocycles. The number of nitrogen functional groups attached to an aromatic ring is 1. The van der Waals surface area contributed by atoms with Gasteiger partial charge in [0.15, 0.2) is 0 Å². The summed E-state index contributed by atoms with van der Waals surface area (Å²) in [5.74, 6) is 0.0640. The van der Waals surface area contributed by atoms with Gasteiger partial charge < -0.3 is 5.73 Å². The number of nitrogens with two attached hydrogens (primary N) is 1. The van der Waals surface area contributed by atoms with Crippen molar-refractivity contribution in [3.8, 4) is 0 Å². The van der Waals surface area contributed by atoms with Crippen molar-refractivity contribution in [2.24, 2.45) is 5.73 Å². The Morgan fingerprint density at radius 3 is 2.63 bits per heavy atom. The van der Waals surface area contributed by atoms with Crippen LogP contribution in [0.3, 0.4) is 0 Å². The van der Waals surface area contributed by atoms with Crippen LogP contribution < -0.4 is 5.73 Å². The van der Waals surface area contributed by atoms with Crippen LogP contribution >= 0.6 is 11.6 Å². The smallest absolute Gasteiger partial charge is 0.122 e. The summed E-state index contributed by atoms with van der Waals surface area (Å²) >= 11 is 6.28. The third kappa shape index (κ3) is 3.71. The highest BCUT2D eigenvalue weighted by molar-refractivity contribution is 6.31. The molecule has 0 aliphatic heterocycles. The van der Waals surface area contributed by atoms with E-state index in [1.165, 1.54) is 32.1 Å². The van der Waals surface area contributed by atoms with Gasteiger partial charge in [0.05, 0.1) is 0 Å². The van der Waals surface area contributed by atoms with Crippen LogP contribution in [0, 0.1) is 5.41 Å². The van der Waals surface area contributed by atoms with Gasteiger partial charge in [-0.25, -0.2) is 0 Å². The molecule has 1 aromatic rings. The minimum atomic E-state index is 0.0640. The molecule has 0 atom stereocenters. The molecule has 0 amide bonds.